The van der Waals surface area contributed by atoms with Gasteiger partial charge in [0, 0.05) is 11.8 Å². The van der Waals surface area contributed by atoms with Gasteiger partial charge in [0.2, 0.25) is 0 Å². The highest BCUT2D eigenvalue weighted by molar-refractivity contribution is 8.17. The van der Waals surface area contributed by atoms with E-state index in [1.165, 1.54) is 18.9 Å². The van der Waals surface area contributed by atoms with Gasteiger partial charge in [-0.1, -0.05) is 65.8 Å². The van der Waals surface area contributed by atoms with Crippen LogP contribution in [-0.2, 0) is 4.79 Å². The molecule has 5 rings (SSSR count). The fourth-order valence-electron chi connectivity index (χ4n) is 4.17. The Bertz CT molecular complexity index is 1520. The second-order valence-corrected chi connectivity index (χ2v) is 10.1. The third kappa shape index (κ3) is 5.87. The lowest BCUT2D eigenvalue weighted by Gasteiger charge is -2.27. The summed E-state index contributed by atoms with van der Waals surface area (Å²) < 4.78 is 17.2. The summed E-state index contributed by atoms with van der Waals surface area (Å²) >= 11 is 7.89. The molecule has 0 aliphatic carbocycles. The summed E-state index contributed by atoms with van der Waals surface area (Å²) in [6.07, 6.45) is 2.25. The van der Waals surface area contributed by atoms with Crippen LogP contribution in [0.15, 0.2) is 82.7 Å². The van der Waals surface area contributed by atoms with Crippen LogP contribution >= 0.6 is 23.4 Å². The lowest BCUT2D eigenvalue weighted by Crippen LogP contribution is -2.38. The van der Waals surface area contributed by atoms with Crippen molar-refractivity contribution in [1.82, 2.24) is 4.90 Å². The highest BCUT2D eigenvalue weighted by atomic mass is 35.5. The smallest absolute Gasteiger partial charge is 0.283 e. The first-order chi connectivity index (χ1) is 18.9. The molecule has 2 aliphatic heterocycles. The van der Waals surface area contributed by atoms with Crippen molar-refractivity contribution in [2.45, 2.75) is 13.3 Å². The van der Waals surface area contributed by atoms with Gasteiger partial charge in [-0.25, -0.2) is 0 Å². The predicted molar refractivity (Wildman–Crippen MR) is 157 cm³/mol. The maximum Gasteiger partial charge on any atom is 0.283 e. The van der Waals surface area contributed by atoms with Crippen LogP contribution in [0.2, 0.25) is 5.02 Å². The van der Waals surface area contributed by atoms with E-state index in [1.54, 1.807) is 23.1 Å². The Labute approximate surface area is 236 Å². The number of carbonyl (C=O) groups excluding carboxylic acids is 1. The molecule has 39 heavy (non-hydrogen) atoms. The first-order valence-corrected chi connectivity index (χ1v) is 13.6. The quantitative estimate of drug-likeness (QED) is 0.229. The number of amidine groups is 2. The lowest BCUT2D eigenvalue weighted by atomic mass is 10.1. The summed E-state index contributed by atoms with van der Waals surface area (Å²) in [6, 6.07) is 21.0. The Balaban J connectivity index is 1.30. The number of rotatable bonds is 9. The molecule has 0 saturated heterocycles. The molecule has 3 aromatic carbocycles. The molecule has 7 nitrogen and oxygen atoms in total. The van der Waals surface area contributed by atoms with E-state index in [2.05, 4.69) is 4.99 Å². The Hall–Kier alpha value is -4.01. The Morgan fingerprint density at radius 2 is 1.85 bits per heavy atom. The van der Waals surface area contributed by atoms with Crippen LogP contribution in [0.4, 0.5) is 0 Å². The van der Waals surface area contributed by atoms with Gasteiger partial charge in [0.15, 0.2) is 16.7 Å². The normalized spacial score (nSPS) is 15.7. The van der Waals surface area contributed by atoms with Gasteiger partial charge in [-0.15, -0.1) is 0 Å². The molecule has 0 saturated carbocycles. The SMILES string of the molecule is COc1cc(/C=C2/C(=N)N3C(c4ccccc4)=CSC3=NC2=O)cc(Cl)c1OCCCOc1cccc(C)c1. The zero-order valence-corrected chi connectivity index (χ0v) is 23.0. The molecule has 0 atom stereocenters. The lowest BCUT2D eigenvalue weighted by molar-refractivity contribution is -0.114. The average Bonchev–Trinajstić information content (AvgIpc) is 3.36. The van der Waals surface area contributed by atoms with E-state index >= 15 is 0 Å². The summed E-state index contributed by atoms with van der Waals surface area (Å²) in [5, 5.41) is 11.5. The molecule has 0 bridgehead atoms. The topological polar surface area (TPSA) is 84.2 Å². The van der Waals surface area contributed by atoms with Gasteiger partial charge in [0.05, 0.1) is 36.6 Å². The number of hydrogen-bond acceptors (Lipinski definition) is 6. The molecular formula is C30H26ClN3O4S. The minimum atomic E-state index is -0.481. The molecule has 3 aromatic rings. The molecule has 1 amide bonds. The molecule has 2 heterocycles. The van der Waals surface area contributed by atoms with Crippen molar-refractivity contribution >= 4 is 52.0 Å². The molecule has 2 aliphatic rings. The third-order valence-electron chi connectivity index (χ3n) is 6.04. The Morgan fingerprint density at radius 3 is 2.62 bits per heavy atom. The number of thioether (sulfide) groups is 1. The van der Waals surface area contributed by atoms with E-state index in [1.807, 2.05) is 66.9 Å². The summed E-state index contributed by atoms with van der Waals surface area (Å²) in [4.78, 5) is 18.8. The van der Waals surface area contributed by atoms with Gasteiger partial charge >= 0.3 is 0 Å². The van der Waals surface area contributed by atoms with E-state index in [4.69, 9.17) is 31.2 Å². The number of nitrogens with zero attached hydrogens (tertiary/aromatic N) is 2. The summed E-state index contributed by atoms with van der Waals surface area (Å²) in [6.45, 7) is 2.89. The van der Waals surface area contributed by atoms with Crippen molar-refractivity contribution in [3.63, 3.8) is 0 Å². The van der Waals surface area contributed by atoms with Crippen molar-refractivity contribution in [3.8, 4) is 17.2 Å². The molecule has 0 fully saturated rings. The number of aryl methyl sites for hydroxylation is 1. The zero-order valence-electron chi connectivity index (χ0n) is 21.4. The van der Waals surface area contributed by atoms with E-state index in [0.29, 0.717) is 46.9 Å². The van der Waals surface area contributed by atoms with E-state index in [-0.39, 0.29) is 11.4 Å². The van der Waals surface area contributed by atoms with Crippen molar-refractivity contribution in [3.05, 3.63) is 99.4 Å². The second-order valence-electron chi connectivity index (χ2n) is 8.83. The van der Waals surface area contributed by atoms with Crippen LogP contribution in [0.5, 0.6) is 17.2 Å². The highest BCUT2D eigenvalue weighted by Crippen LogP contribution is 2.39. The van der Waals surface area contributed by atoms with E-state index in [9.17, 15) is 4.79 Å². The average molecular weight is 560 g/mol. The first-order valence-electron chi connectivity index (χ1n) is 12.3. The molecule has 0 radical (unpaired) electrons. The van der Waals surface area contributed by atoms with Crippen molar-refractivity contribution < 1.29 is 19.0 Å². The first kappa shape index (κ1) is 26.6. The standard InChI is InChI=1S/C30H26ClN3O4S/c1-19-8-6-11-22(14-19)37-12-7-13-38-27-24(31)16-20(17-26(27)36-2)15-23-28(32)34-25(21-9-4-3-5-10-21)18-39-30(34)33-29(23)35/h3-6,8-11,14-18,32H,7,12-13H2,1-2H3/b23-15-,32-28?. The maximum absolute atomic E-state index is 12.9. The summed E-state index contributed by atoms with van der Waals surface area (Å²) in [7, 11) is 1.53. The number of halogens is 1. The maximum atomic E-state index is 12.9. The van der Waals surface area contributed by atoms with Gasteiger partial charge in [0.25, 0.3) is 5.91 Å². The largest absolute Gasteiger partial charge is 0.493 e. The number of amides is 1. The summed E-state index contributed by atoms with van der Waals surface area (Å²) in [5.41, 5.74) is 3.62. The number of nitrogens with one attached hydrogen (secondary N) is 1. The molecule has 198 valence electrons. The van der Waals surface area contributed by atoms with Gasteiger partial charge < -0.3 is 14.2 Å². The molecule has 1 N–H and O–H groups in total. The minimum Gasteiger partial charge on any atom is -0.493 e. The predicted octanol–water partition coefficient (Wildman–Crippen LogP) is 6.81. The summed E-state index contributed by atoms with van der Waals surface area (Å²) in [5.74, 6) is 1.22. The minimum absolute atomic E-state index is 0.0501. The van der Waals surface area contributed by atoms with Crippen LogP contribution in [0.25, 0.3) is 11.8 Å². The molecule has 0 spiro atoms. The van der Waals surface area contributed by atoms with Crippen molar-refractivity contribution in [2.24, 2.45) is 4.99 Å². The van der Waals surface area contributed by atoms with Crippen LogP contribution in [0.3, 0.4) is 0 Å². The van der Waals surface area contributed by atoms with Crippen LogP contribution < -0.4 is 14.2 Å². The number of carbonyl (C=O) groups is 1. The third-order valence-corrected chi connectivity index (χ3v) is 7.15. The monoisotopic (exact) mass is 559 g/mol. The number of fused-ring (bicyclic) bond motifs is 1. The number of benzene rings is 3. The van der Waals surface area contributed by atoms with Crippen molar-refractivity contribution in [1.29, 1.82) is 5.41 Å². The van der Waals surface area contributed by atoms with Gasteiger partial charge in [-0.05, 0) is 54.0 Å². The zero-order chi connectivity index (χ0) is 27.4. The van der Waals surface area contributed by atoms with Crippen LogP contribution in [0.1, 0.15) is 23.1 Å². The van der Waals surface area contributed by atoms with E-state index in [0.717, 1.165) is 22.6 Å². The Morgan fingerprint density at radius 1 is 1.05 bits per heavy atom. The van der Waals surface area contributed by atoms with Crippen LogP contribution in [-0.4, -0.2) is 42.1 Å². The van der Waals surface area contributed by atoms with Gasteiger partial charge in [-0.3, -0.25) is 15.1 Å². The van der Waals surface area contributed by atoms with E-state index < -0.39 is 5.91 Å². The second kappa shape index (κ2) is 11.8. The molecular weight excluding hydrogens is 534 g/mol. The fraction of sp³-hybridized carbons (Fsp3) is 0.167. The number of hydrogen-bond donors (Lipinski definition) is 1. The Kier molecular flexibility index (Phi) is 8.05. The molecule has 0 unspecified atom stereocenters. The number of aliphatic imine (C=N–C) groups is 1. The number of methoxy groups -OCH3 is 1. The van der Waals surface area contributed by atoms with Crippen LogP contribution in [0, 0.1) is 12.3 Å². The molecule has 9 heteroatoms. The molecule has 0 aromatic heterocycles. The van der Waals surface area contributed by atoms with Gasteiger partial charge in [-0.2, -0.15) is 4.99 Å². The van der Waals surface area contributed by atoms with Gasteiger partial charge in [0.1, 0.15) is 11.6 Å². The fourth-order valence-corrected chi connectivity index (χ4v) is 5.34. The number of ether oxygens (including phenoxy) is 3. The highest BCUT2D eigenvalue weighted by Gasteiger charge is 2.36. The van der Waals surface area contributed by atoms with Crippen molar-refractivity contribution in [2.75, 3.05) is 20.3 Å².